The molecule has 1 saturated carbocycles. The van der Waals surface area contributed by atoms with E-state index in [0.717, 1.165) is 15.9 Å². The molecule has 6 atom stereocenters. The summed E-state index contributed by atoms with van der Waals surface area (Å²) in [6.07, 6.45) is 2.37. The number of anilines is 2. The molecular weight excluding hydrogens is 595 g/mol. The number of carbonyl (C=O) groups excluding carboxylic acids is 4. The number of hydrogen-bond acceptors (Lipinski definition) is 7. The first-order chi connectivity index (χ1) is 22.6. The normalized spacial score (nSPS) is 28.3. The highest BCUT2D eigenvalue weighted by Gasteiger charge is 2.68. The number of allylic oxidation sites excluding steroid dienone is 2. The third-order valence-electron chi connectivity index (χ3n) is 11.0. The Labute approximate surface area is 270 Å². The smallest absolute Gasteiger partial charge is 0.488 e. The van der Waals surface area contributed by atoms with Gasteiger partial charge < -0.3 is 15.2 Å². The first kappa shape index (κ1) is 29.4. The van der Waals surface area contributed by atoms with Gasteiger partial charge in [-0.25, -0.2) is 4.90 Å². The van der Waals surface area contributed by atoms with Crippen LogP contribution in [0, 0.1) is 29.1 Å². The van der Waals surface area contributed by atoms with Crippen molar-refractivity contribution in [3.63, 3.8) is 0 Å². The molecule has 9 nitrogen and oxygen atoms in total. The predicted molar refractivity (Wildman–Crippen MR) is 175 cm³/mol. The van der Waals surface area contributed by atoms with Gasteiger partial charge in [-0.15, -0.1) is 0 Å². The van der Waals surface area contributed by atoms with Crippen LogP contribution in [0.4, 0.5) is 11.4 Å². The molecule has 2 aliphatic heterocycles. The molecule has 2 aliphatic carbocycles. The molecular formula is C37H31BN2O7. The number of phenolic OH excluding ortho intramolecular Hbond substituents is 1. The lowest BCUT2D eigenvalue weighted by Gasteiger charge is -2.49. The molecule has 3 N–H and O–H groups in total. The van der Waals surface area contributed by atoms with Crippen LogP contribution in [0.3, 0.4) is 0 Å². The SMILES string of the molecule is CC12C(=O)N(c3ccccc3)C(=O)C1CC1C(=CCC3C(=O)N(c4cccc(B(O)O)c4)C(=O)C31)C2c1ccc2ccccc2c1O. The number of imide groups is 2. The van der Waals surface area contributed by atoms with Crippen LogP contribution in [-0.2, 0) is 19.2 Å². The lowest BCUT2D eigenvalue weighted by molar-refractivity contribution is -0.131. The fourth-order valence-electron chi connectivity index (χ4n) is 8.77. The van der Waals surface area contributed by atoms with E-state index in [1.165, 1.54) is 17.0 Å². The highest BCUT2D eigenvalue weighted by molar-refractivity contribution is 6.58. The number of fused-ring (bicyclic) bond motifs is 5. The first-order valence-electron chi connectivity index (χ1n) is 15.8. The zero-order chi connectivity index (χ0) is 32.8. The molecule has 0 radical (unpaired) electrons. The lowest BCUT2D eigenvalue weighted by atomic mass is 9.51. The number of phenols is 1. The van der Waals surface area contributed by atoms with Gasteiger partial charge in [0.1, 0.15) is 5.75 Å². The molecule has 8 rings (SSSR count). The quantitative estimate of drug-likeness (QED) is 0.179. The van der Waals surface area contributed by atoms with Gasteiger partial charge in [-0.3, -0.25) is 24.1 Å². The Bertz CT molecular complexity index is 2040. The fraction of sp³-hybridized carbons (Fsp3) is 0.243. The lowest BCUT2D eigenvalue weighted by Crippen LogP contribution is -2.49. The topological polar surface area (TPSA) is 135 Å². The van der Waals surface area contributed by atoms with E-state index in [1.807, 2.05) is 48.5 Å². The zero-order valence-electron chi connectivity index (χ0n) is 25.5. The molecule has 3 fully saturated rings. The van der Waals surface area contributed by atoms with Crippen molar-refractivity contribution in [2.45, 2.75) is 25.7 Å². The standard InChI is InChI=1S/C37H31BN2O7/c1-37-29(34(43)40(36(37)45)22-10-3-2-4-11-22)19-28-25(31(37)27-15-14-20-8-5-6-13-24(20)32(27)41)16-17-26-30(28)35(44)39(33(26)42)23-12-7-9-21(18-23)38(46)47/h2-16,18,26,28-31,41,46-47H,17,19H2,1H3. The molecule has 4 amide bonds. The van der Waals surface area contributed by atoms with Crippen LogP contribution in [0.2, 0.25) is 0 Å². The van der Waals surface area contributed by atoms with Crippen molar-refractivity contribution in [1.29, 1.82) is 0 Å². The summed E-state index contributed by atoms with van der Waals surface area (Å²) in [6.45, 7) is 1.79. The molecule has 0 aromatic heterocycles. The van der Waals surface area contributed by atoms with E-state index in [4.69, 9.17) is 0 Å². The van der Waals surface area contributed by atoms with E-state index in [0.29, 0.717) is 16.6 Å². The molecule has 6 unspecified atom stereocenters. The van der Waals surface area contributed by atoms with Gasteiger partial charge in [-0.05, 0) is 60.8 Å². The summed E-state index contributed by atoms with van der Waals surface area (Å²) in [5, 5.41) is 32.7. The largest absolute Gasteiger partial charge is 0.507 e. The van der Waals surface area contributed by atoms with Crippen molar-refractivity contribution in [2.24, 2.45) is 29.1 Å². The van der Waals surface area contributed by atoms with Crippen LogP contribution in [0.1, 0.15) is 31.2 Å². The number of rotatable bonds is 4. The molecule has 10 heteroatoms. The minimum absolute atomic E-state index is 0.0185. The molecule has 234 valence electrons. The summed E-state index contributed by atoms with van der Waals surface area (Å²) in [4.78, 5) is 59.5. The summed E-state index contributed by atoms with van der Waals surface area (Å²) in [5.41, 5.74) is 0.841. The number of benzene rings is 4. The van der Waals surface area contributed by atoms with Gasteiger partial charge in [0.2, 0.25) is 23.6 Å². The van der Waals surface area contributed by atoms with Gasteiger partial charge in [0.05, 0.1) is 34.5 Å². The van der Waals surface area contributed by atoms with Crippen molar-refractivity contribution in [1.82, 2.24) is 0 Å². The maximum absolute atomic E-state index is 14.6. The van der Waals surface area contributed by atoms with Crippen molar-refractivity contribution in [3.05, 3.63) is 108 Å². The molecule has 2 saturated heterocycles. The second-order valence-electron chi connectivity index (χ2n) is 13.2. The van der Waals surface area contributed by atoms with Crippen LogP contribution < -0.4 is 15.3 Å². The summed E-state index contributed by atoms with van der Waals surface area (Å²) in [5.74, 6) is -5.14. The van der Waals surface area contributed by atoms with Crippen LogP contribution in [0.25, 0.3) is 10.8 Å². The van der Waals surface area contributed by atoms with Gasteiger partial charge in [0.25, 0.3) is 0 Å². The highest BCUT2D eigenvalue weighted by atomic mass is 16.4. The number of aromatic hydroxyl groups is 1. The Morgan fingerprint density at radius 3 is 2.26 bits per heavy atom. The monoisotopic (exact) mass is 626 g/mol. The maximum atomic E-state index is 14.6. The summed E-state index contributed by atoms with van der Waals surface area (Å²) in [6, 6.07) is 25.9. The average molecular weight is 626 g/mol. The van der Waals surface area contributed by atoms with E-state index >= 15 is 0 Å². The second-order valence-corrected chi connectivity index (χ2v) is 13.2. The summed E-state index contributed by atoms with van der Waals surface area (Å²) in [7, 11) is -1.77. The third-order valence-corrected chi connectivity index (χ3v) is 11.0. The molecule has 2 heterocycles. The van der Waals surface area contributed by atoms with E-state index in [2.05, 4.69) is 0 Å². The number of amides is 4. The summed E-state index contributed by atoms with van der Waals surface area (Å²) < 4.78 is 0. The molecule has 4 aromatic rings. The van der Waals surface area contributed by atoms with E-state index in [-0.39, 0.29) is 41.6 Å². The minimum atomic E-state index is -1.77. The Balaban J connectivity index is 1.29. The first-order valence-corrected chi connectivity index (χ1v) is 15.8. The Kier molecular flexibility index (Phi) is 6.55. The molecule has 0 bridgehead atoms. The fourth-order valence-corrected chi connectivity index (χ4v) is 8.77. The number of nitrogens with zero attached hydrogens (tertiary/aromatic N) is 2. The van der Waals surface area contributed by atoms with Gasteiger partial charge in [-0.1, -0.05) is 78.4 Å². The van der Waals surface area contributed by atoms with Gasteiger partial charge in [0, 0.05) is 16.9 Å². The number of hydrogen-bond donors (Lipinski definition) is 3. The molecule has 47 heavy (non-hydrogen) atoms. The van der Waals surface area contributed by atoms with Crippen molar-refractivity contribution < 1.29 is 34.3 Å². The molecule has 0 spiro atoms. The van der Waals surface area contributed by atoms with E-state index < -0.39 is 53.9 Å². The van der Waals surface area contributed by atoms with Crippen LogP contribution in [0.5, 0.6) is 5.75 Å². The van der Waals surface area contributed by atoms with Gasteiger partial charge in [0.15, 0.2) is 0 Å². The van der Waals surface area contributed by atoms with Crippen molar-refractivity contribution in [2.75, 3.05) is 9.80 Å². The maximum Gasteiger partial charge on any atom is 0.488 e. The van der Waals surface area contributed by atoms with Crippen molar-refractivity contribution in [3.8, 4) is 5.75 Å². The molecule has 4 aliphatic rings. The molecule has 4 aromatic carbocycles. The van der Waals surface area contributed by atoms with Crippen LogP contribution >= 0.6 is 0 Å². The third kappa shape index (κ3) is 4.04. The van der Waals surface area contributed by atoms with Crippen LogP contribution in [0.15, 0.2) is 103 Å². The number of para-hydroxylation sites is 1. The highest BCUT2D eigenvalue weighted by Crippen LogP contribution is 2.64. The zero-order valence-corrected chi connectivity index (χ0v) is 25.5. The van der Waals surface area contributed by atoms with E-state index in [1.54, 1.807) is 43.3 Å². The Hall–Kier alpha value is -5.06. The Morgan fingerprint density at radius 1 is 0.766 bits per heavy atom. The van der Waals surface area contributed by atoms with Crippen molar-refractivity contribution >= 4 is 58.4 Å². The Morgan fingerprint density at radius 2 is 1.49 bits per heavy atom. The van der Waals surface area contributed by atoms with Gasteiger partial charge >= 0.3 is 7.12 Å². The van der Waals surface area contributed by atoms with E-state index in [9.17, 15) is 34.3 Å². The number of carbonyl (C=O) groups is 4. The predicted octanol–water partition coefficient (Wildman–Crippen LogP) is 3.66. The minimum Gasteiger partial charge on any atom is -0.507 e. The summed E-state index contributed by atoms with van der Waals surface area (Å²) >= 11 is 0. The van der Waals surface area contributed by atoms with Gasteiger partial charge in [-0.2, -0.15) is 0 Å². The van der Waals surface area contributed by atoms with Crippen LogP contribution in [-0.4, -0.2) is 45.9 Å². The average Bonchev–Trinajstić information content (AvgIpc) is 3.45. The second kappa shape index (κ2) is 10.5.